The van der Waals surface area contributed by atoms with Crippen molar-refractivity contribution in [3.63, 3.8) is 0 Å². The molecule has 1 amide bonds. The summed E-state index contributed by atoms with van der Waals surface area (Å²) in [6.45, 7) is 5.48. The number of amides is 1. The molecule has 3 aliphatic rings. The van der Waals surface area contributed by atoms with Gasteiger partial charge in [-0.1, -0.05) is 0 Å². The zero-order valence-electron chi connectivity index (χ0n) is 11.2. The second-order valence-corrected chi connectivity index (χ2v) is 6.02. The van der Waals surface area contributed by atoms with E-state index in [-0.39, 0.29) is 0 Å². The molecule has 0 aromatic rings. The molecule has 0 aromatic heterocycles. The number of carbonyl (C=O) groups is 1. The number of nitrogens with zero attached hydrogens (tertiary/aromatic N) is 2. The summed E-state index contributed by atoms with van der Waals surface area (Å²) in [6.07, 6.45) is 6.87. The topological polar surface area (TPSA) is 35.6 Å². The van der Waals surface area contributed by atoms with E-state index >= 15 is 0 Å². The van der Waals surface area contributed by atoms with Crippen molar-refractivity contribution < 1.29 is 4.79 Å². The predicted molar refractivity (Wildman–Crippen MR) is 71.4 cm³/mol. The molecular formula is C14H25N3O. The average molecular weight is 251 g/mol. The van der Waals surface area contributed by atoms with Crippen molar-refractivity contribution in [3.8, 4) is 0 Å². The molecule has 0 bridgehead atoms. The Morgan fingerprint density at radius 1 is 1.11 bits per heavy atom. The van der Waals surface area contributed by atoms with E-state index in [1.54, 1.807) is 0 Å². The first-order valence-electron chi connectivity index (χ1n) is 7.58. The first-order valence-corrected chi connectivity index (χ1v) is 7.58. The zero-order valence-corrected chi connectivity index (χ0v) is 11.2. The van der Waals surface area contributed by atoms with Gasteiger partial charge in [-0.3, -0.25) is 9.69 Å². The number of carbonyl (C=O) groups excluding carboxylic acids is 1. The van der Waals surface area contributed by atoms with E-state index in [0.29, 0.717) is 24.4 Å². The van der Waals surface area contributed by atoms with Crippen LogP contribution < -0.4 is 5.32 Å². The van der Waals surface area contributed by atoms with Crippen molar-refractivity contribution in [2.24, 2.45) is 0 Å². The summed E-state index contributed by atoms with van der Waals surface area (Å²) in [5, 5.41) is 3.43. The van der Waals surface area contributed by atoms with Crippen molar-refractivity contribution >= 4 is 5.91 Å². The Kier molecular flexibility index (Phi) is 3.85. The number of fused-ring (bicyclic) bond motifs is 1. The van der Waals surface area contributed by atoms with Gasteiger partial charge in [0.2, 0.25) is 5.91 Å². The molecule has 3 fully saturated rings. The minimum atomic E-state index is 0.378. The summed E-state index contributed by atoms with van der Waals surface area (Å²) in [5.74, 6) is 0.378. The Morgan fingerprint density at radius 2 is 2.00 bits per heavy atom. The molecule has 0 saturated carbocycles. The molecule has 3 rings (SSSR count). The standard InChI is InChI=1S/C14H25N3O/c18-14(10-12-4-1-6-15-12)17-9-3-8-16-7-2-5-13(16)11-17/h12-13,15H,1-11H2. The van der Waals surface area contributed by atoms with Crippen LogP contribution in [0.1, 0.15) is 38.5 Å². The van der Waals surface area contributed by atoms with Crippen molar-refractivity contribution in [1.82, 2.24) is 15.1 Å². The molecule has 1 N–H and O–H groups in total. The molecule has 3 heterocycles. The van der Waals surface area contributed by atoms with Gasteiger partial charge in [0, 0.05) is 38.1 Å². The third kappa shape index (κ3) is 2.69. The average Bonchev–Trinajstić information content (AvgIpc) is 2.97. The quantitative estimate of drug-likeness (QED) is 0.789. The fourth-order valence-corrected chi connectivity index (χ4v) is 3.70. The summed E-state index contributed by atoms with van der Waals surface area (Å²) >= 11 is 0. The van der Waals surface area contributed by atoms with E-state index < -0.39 is 0 Å². The fraction of sp³-hybridized carbons (Fsp3) is 0.929. The Balaban J connectivity index is 1.55. The maximum Gasteiger partial charge on any atom is 0.224 e. The molecule has 0 radical (unpaired) electrons. The van der Waals surface area contributed by atoms with Gasteiger partial charge in [0.1, 0.15) is 0 Å². The van der Waals surface area contributed by atoms with Crippen LogP contribution in [0.2, 0.25) is 0 Å². The van der Waals surface area contributed by atoms with Gasteiger partial charge < -0.3 is 10.2 Å². The predicted octanol–water partition coefficient (Wildman–Crippen LogP) is 0.825. The van der Waals surface area contributed by atoms with E-state index in [4.69, 9.17) is 0 Å². The van der Waals surface area contributed by atoms with Crippen LogP contribution in [0.5, 0.6) is 0 Å². The number of nitrogens with one attached hydrogen (secondary N) is 1. The zero-order chi connectivity index (χ0) is 12.4. The maximum absolute atomic E-state index is 12.4. The Morgan fingerprint density at radius 3 is 2.83 bits per heavy atom. The van der Waals surface area contributed by atoms with Gasteiger partial charge in [0.05, 0.1) is 0 Å². The molecule has 2 atom stereocenters. The van der Waals surface area contributed by atoms with Gasteiger partial charge in [0.25, 0.3) is 0 Å². The molecule has 102 valence electrons. The lowest BCUT2D eigenvalue weighted by atomic mass is 10.1. The Labute approximate surface area is 110 Å². The van der Waals surface area contributed by atoms with Crippen LogP contribution in [0.15, 0.2) is 0 Å². The molecule has 0 aliphatic carbocycles. The van der Waals surface area contributed by atoms with Gasteiger partial charge in [0.15, 0.2) is 0 Å². The monoisotopic (exact) mass is 251 g/mol. The van der Waals surface area contributed by atoms with Crippen LogP contribution in [-0.4, -0.2) is 60.5 Å². The summed E-state index contributed by atoms with van der Waals surface area (Å²) < 4.78 is 0. The van der Waals surface area contributed by atoms with Gasteiger partial charge in [-0.2, -0.15) is 0 Å². The third-order valence-corrected chi connectivity index (χ3v) is 4.74. The number of rotatable bonds is 2. The van der Waals surface area contributed by atoms with Crippen molar-refractivity contribution in [2.45, 2.75) is 50.6 Å². The lowest BCUT2D eigenvalue weighted by molar-refractivity contribution is -0.131. The van der Waals surface area contributed by atoms with Crippen LogP contribution in [0.4, 0.5) is 0 Å². The normalized spacial score (nSPS) is 33.4. The van der Waals surface area contributed by atoms with Crippen LogP contribution in [0, 0.1) is 0 Å². The SMILES string of the molecule is O=C(CC1CCCN1)N1CCCN2CCCC2C1. The minimum Gasteiger partial charge on any atom is -0.341 e. The second-order valence-electron chi connectivity index (χ2n) is 6.02. The van der Waals surface area contributed by atoms with Crippen LogP contribution >= 0.6 is 0 Å². The number of hydrogen-bond acceptors (Lipinski definition) is 3. The van der Waals surface area contributed by atoms with Gasteiger partial charge in [-0.25, -0.2) is 0 Å². The van der Waals surface area contributed by atoms with E-state index in [2.05, 4.69) is 15.1 Å². The third-order valence-electron chi connectivity index (χ3n) is 4.74. The summed E-state index contributed by atoms with van der Waals surface area (Å²) in [6, 6.07) is 1.09. The first-order chi connectivity index (χ1) is 8.83. The molecule has 18 heavy (non-hydrogen) atoms. The molecule has 4 heteroatoms. The summed E-state index contributed by atoms with van der Waals surface area (Å²) in [4.78, 5) is 17.1. The highest BCUT2D eigenvalue weighted by Crippen LogP contribution is 2.22. The molecule has 0 spiro atoms. The summed E-state index contributed by atoms with van der Waals surface area (Å²) in [5.41, 5.74) is 0. The molecule has 3 aliphatic heterocycles. The second kappa shape index (κ2) is 5.57. The smallest absolute Gasteiger partial charge is 0.224 e. The minimum absolute atomic E-state index is 0.378. The van der Waals surface area contributed by atoms with Crippen molar-refractivity contribution in [3.05, 3.63) is 0 Å². The van der Waals surface area contributed by atoms with Crippen molar-refractivity contribution in [1.29, 1.82) is 0 Å². The molecular weight excluding hydrogens is 226 g/mol. The van der Waals surface area contributed by atoms with Crippen molar-refractivity contribution in [2.75, 3.05) is 32.7 Å². The largest absolute Gasteiger partial charge is 0.341 e. The van der Waals surface area contributed by atoms with Crippen LogP contribution in [0.25, 0.3) is 0 Å². The van der Waals surface area contributed by atoms with Gasteiger partial charge in [-0.15, -0.1) is 0 Å². The van der Waals surface area contributed by atoms with Gasteiger partial charge >= 0.3 is 0 Å². The lowest BCUT2D eigenvalue weighted by Crippen LogP contribution is -2.41. The highest BCUT2D eigenvalue weighted by atomic mass is 16.2. The van der Waals surface area contributed by atoms with E-state index in [9.17, 15) is 4.79 Å². The Hall–Kier alpha value is -0.610. The lowest BCUT2D eigenvalue weighted by Gasteiger charge is -2.26. The van der Waals surface area contributed by atoms with E-state index in [1.807, 2.05) is 0 Å². The van der Waals surface area contributed by atoms with Crippen LogP contribution in [0.3, 0.4) is 0 Å². The van der Waals surface area contributed by atoms with Gasteiger partial charge in [-0.05, 0) is 45.2 Å². The molecule has 2 unspecified atom stereocenters. The van der Waals surface area contributed by atoms with Crippen LogP contribution in [-0.2, 0) is 4.79 Å². The molecule has 4 nitrogen and oxygen atoms in total. The van der Waals surface area contributed by atoms with E-state index in [1.165, 1.54) is 38.8 Å². The summed E-state index contributed by atoms with van der Waals surface area (Å²) in [7, 11) is 0. The first kappa shape index (κ1) is 12.4. The highest BCUT2D eigenvalue weighted by molar-refractivity contribution is 5.77. The molecule has 3 saturated heterocycles. The Bertz CT molecular complexity index is 301. The molecule has 0 aromatic carbocycles. The highest BCUT2D eigenvalue weighted by Gasteiger charge is 2.31. The number of hydrogen-bond donors (Lipinski definition) is 1. The maximum atomic E-state index is 12.4. The van der Waals surface area contributed by atoms with E-state index in [0.717, 1.165) is 26.1 Å². The fourth-order valence-electron chi connectivity index (χ4n) is 3.70.